The largest absolute Gasteiger partial charge is 0.467 e. The minimum Gasteiger partial charge on any atom is -0.467 e. The Balaban J connectivity index is 1.57. The molecule has 2 aromatic carbocycles. The molecule has 4 rings (SSSR count). The van der Waals surface area contributed by atoms with E-state index in [1.165, 1.54) is 23.2 Å². The van der Waals surface area contributed by atoms with Gasteiger partial charge in [-0.15, -0.1) is 11.3 Å². The Hall–Kier alpha value is -3.25. The van der Waals surface area contributed by atoms with Gasteiger partial charge in [0.05, 0.1) is 5.39 Å². The van der Waals surface area contributed by atoms with E-state index in [1.54, 1.807) is 0 Å². The van der Waals surface area contributed by atoms with Crippen molar-refractivity contribution in [2.75, 3.05) is 11.9 Å². The molecule has 0 unspecified atom stereocenters. The lowest BCUT2D eigenvalue weighted by Crippen LogP contribution is -2.21. The molecule has 1 amide bonds. The molecule has 1 N–H and O–H groups in total. The third-order valence-corrected chi connectivity index (χ3v) is 5.34. The minimum absolute atomic E-state index is 0.121. The molecule has 0 spiro atoms. The smallest absolute Gasteiger partial charge is 0.262 e. The topological polar surface area (TPSA) is 64.1 Å². The van der Waals surface area contributed by atoms with Gasteiger partial charge in [0.15, 0.2) is 6.61 Å². The van der Waals surface area contributed by atoms with Crippen LogP contribution >= 0.6 is 11.3 Å². The zero-order valence-corrected chi connectivity index (χ0v) is 16.4. The maximum atomic E-state index is 12.3. The van der Waals surface area contributed by atoms with Gasteiger partial charge in [-0.3, -0.25) is 4.79 Å². The second-order valence-electron chi connectivity index (χ2n) is 6.53. The number of hydrogen-bond acceptors (Lipinski definition) is 5. The molecule has 4 aromatic rings. The summed E-state index contributed by atoms with van der Waals surface area (Å²) >= 11 is 1.53. The molecule has 6 heteroatoms. The normalized spacial score (nSPS) is 10.8. The number of para-hydroxylation sites is 1. The quantitative estimate of drug-likeness (QED) is 0.522. The number of nitrogens with zero attached hydrogens (tertiary/aromatic N) is 2. The van der Waals surface area contributed by atoms with Crippen molar-refractivity contribution in [1.29, 1.82) is 0 Å². The number of hydrogen-bond donors (Lipinski definition) is 1. The fourth-order valence-electron chi connectivity index (χ4n) is 2.94. The van der Waals surface area contributed by atoms with Crippen LogP contribution in [-0.4, -0.2) is 22.5 Å². The number of nitrogens with one attached hydrogen (secondary N) is 1. The SMILES string of the molecule is Cc1ccc(-c2csc3ncnc(OCC(=O)Nc4ccccc4C)c23)cc1. The van der Waals surface area contributed by atoms with Crippen molar-refractivity contribution in [3.8, 4) is 17.0 Å². The zero-order chi connectivity index (χ0) is 19.5. The molecule has 140 valence electrons. The number of carbonyl (C=O) groups excluding carboxylic acids is 1. The van der Waals surface area contributed by atoms with Crippen LogP contribution in [-0.2, 0) is 4.79 Å². The van der Waals surface area contributed by atoms with E-state index in [9.17, 15) is 4.79 Å². The molecule has 5 nitrogen and oxygen atoms in total. The molecule has 0 saturated carbocycles. The van der Waals surface area contributed by atoms with Crippen molar-refractivity contribution >= 4 is 33.1 Å². The lowest BCUT2D eigenvalue weighted by molar-refractivity contribution is -0.118. The Morgan fingerprint density at radius 3 is 2.64 bits per heavy atom. The van der Waals surface area contributed by atoms with Crippen LogP contribution in [0.25, 0.3) is 21.3 Å². The maximum absolute atomic E-state index is 12.3. The summed E-state index contributed by atoms with van der Waals surface area (Å²) in [6, 6.07) is 15.9. The number of aryl methyl sites for hydroxylation is 2. The number of ether oxygens (including phenoxy) is 1. The van der Waals surface area contributed by atoms with E-state index in [4.69, 9.17) is 4.74 Å². The average Bonchev–Trinajstić information content (AvgIpc) is 3.13. The molecule has 0 fully saturated rings. The molecule has 0 saturated heterocycles. The highest BCUT2D eigenvalue weighted by Gasteiger charge is 2.15. The van der Waals surface area contributed by atoms with Gasteiger partial charge in [0.25, 0.3) is 5.91 Å². The molecule has 0 atom stereocenters. The highest BCUT2D eigenvalue weighted by atomic mass is 32.1. The standard InChI is InChI=1S/C22H19N3O2S/c1-14-7-9-16(10-8-14)17-12-28-22-20(17)21(23-13-24-22)27-11-19(26)25-18-6-4-3-5-15(18)2/h3-10,12-13H,11H2,1-2H3,(H,25,26). The molecule has 0 bridgehead atoms. The summed E-state index contributed by atoms with van der Waals surface area (Å²) < 4.78 is 5.78. The van der Waals surface area contributed by atoms with Crippen molar-refractivity contribution in [2.45, 2.75) is 13.8 Å². The number of benzene rings is 2. The Morgan fingerprint density at radius 2 is 1.86 bits per heavy atom. The zero-order valence-electron chi connectivity index (χ0n) is 15.6. The number of rotatable bonds is 5. The summed E-state index contributed by atoms with van der Waals surface area (Å²) in [4.78, 5) is 21.8. The van der Waals surface area contributed by atoms with Crippen LogP contribution in [0.15, 0.2) is 60.2 Å². The Labute approximate surface area is 167 Å². The Bertz CT molecular complexity index is 1140. The van der Waals surface area contributed by atoms with E-state index < -0.39 is 0 Å². The lowest BCUT2D eigenvalue weighted by Gasteiger charge is -2.10. The average molecular weight is 389 g/mol. The van der Waals surface area contributed by atoms with Gasteiger partial charge in [-0.25, -0.2) is 9.97 Å². The van der Waals surface area contributed by atoms with Crippen LogP contribution in [0.5, 0.6) is 5.88 Å². The lowest BCUT2D eigenvalue weighted by atomic mass is 10.0. The van der Waals surface area contributed by atoms with Gasteiger partial charge in [-0.05, 0) is 31.0 Å². The molecular formula is C22H19N3O2S. The summed E-state index contributed by atoms with van der Waals surface area (Å²) in [5.41, 5.74) is 5.05. The van der Waals surface area contributed by atoms with Gasteiger partial charge >= 0.3 is 0 Å². The highest BCUT2D eigenvalue weighted by molar-refractivity contribution is 7.17. The third kappa shape index (κ3) is 3.73. The predicted octanol–water partition coefficient (Wildman–Crippen LogP) is 4.99. The first-order valence-electron chi connectivity index (χ1n) is 8.89. The van der Waals surface area contributed by atoms with Gasteiger partial charge in [0.1, 0.15) is 11.2 Å². The molecule has 0 aliphatic heterocycles. The third-order valence-electron chi connectivity index (χ3n) is 4.46. The molecular weight excluding hydrogens is 370 g/mol. The summed E-state index contributed by atoms with van der Waals surface area (Å²) in [6.45, 7) is 3.88. The highest BCUT2D eigenvalue weighted by Crippen LogP contribution is 2.37. The van der Waals surface area contributed by atoms with Crippen LogP contribution < -0.4 is 10.1 Å². The van der Waals surface area contributed by atoms with Crippen LogP contribution in [0.1, 0.15) is 11.1 Å². The number of thiophene rings is 1. The summed E-state index contributed by atoms with van der Waals surface area (Å²) in [7, 11) is 0. The summed E-state index contributed by atoms with van der Waals surface area (Å²) in [6.07, 6.45) is 1.46. The van der Waals surface area contributed by atoms with Gasteiger partial charge in [-0.2, -0.15) is 0 Å². The number of fused-ring (bicyclic) bond motifs is 1. The van der Waals surface area contributed by atoms with Gasteiger partial charge < -0.3 is 10.1 Å². The second-order valence-corrected chi connectivity index (χ2v) is 7.38. The van der Waals surface area contributed by atoms with E-state index in [-0.39, 0.29) is 12.5 Å². The van der Waals surface area contributed by atoms with Gasteiger partial charge in [0, 0.05) is 16.6 Å². The summed E-state index contributed by atoms with van der Waals surface area (Å²) in [5.74, 6) is 0.190. The number of amides is 1. The number of carbonyl (C=O) groups is 1. The predicted molar refractivity (Wildman–Crippen MR) is 113 cm³/mol. The maximum Gasteiger partial charge on any atom is 0.262 e. The molecule has 2 aromatic heterocycles. The van der Waals surface area contributed by atoms with Crippen LogP contribution in [0.4, 0.5) is 5.69 Å². The van der Waals surface area contributed by atoms with Crippen molar-refractivity contribution in [3.05, 3.63) is 71.4 Å². The number of aromatic nitrogens is 2. The van der Waals surface area contributed by atoms with Crippen molar-refractivity contribution in [1.82, 2.24) is 9.97 Å². The van der Waals surface area contributed by atoms with Gasteiger partial charge in [-0.1, -0.05) is 48.0 Å². The molecule has 0 aliphatic carbocycles. The Kier molecular flexibility index (Phi) is 5.04. The van der Waals surface area contributed by atoms with Crippen molar-refractivity contribution < 1.29 is 9.53 Å². The van der Waals surface area contributed by atoms with Crippen LogP contribution in [0, 0.1) is 13.8 Å². The van der Waals surface area contributed by atoms with Crippen LogP contribution in [0.3, 0.4) is 0 Å². The molecule has 0 aliphatic rings. The first-order chi connectivity index (χ1) is 13.6. The van der Waals surface area contributed by atoms with E-state index in [0.717, 1.165) is 32.6 Å². The fourth-order valence-corrected chi connectivity index (χ4v) is 3.84. The molecule has 28 heavy (non-hydrogen) atoms. The van der Waals surface area contributed by atoms with E-state index in [0.29, 0.717) is 5.88 Å². The molecule has 2 heterocycles. The fraction of sp³-hybridized carbons (Fsp3) is 0.136. The van der Waals surface area contributed by atoms with Crippen molar-refractivity contribution in [3.63, 3.8) is 0 Å². The molecule has 0 radical (unpaired) electrons. The second kappa shape index (κ2) is 7.78. The number of anilines is 1. The van der Waals surface area contributed by atoms with Crippen molar-refractivity contribution in [2.24, 2.45) is 0 Å². The van der Waals surface area contributed by atoms with E-state index >= 15 is 0 Å². The monoisotopic (exact) mass is 389 g/mol. The first-order valence-corrected chi connectivity index (χ1v) is 9.77. The first kappa shape index (κ1) is 18.1. The Morgan fingerprint density at radius 1 is 1.07 bits per heavy atom. The van der Waals surface area contributed by atoms with Gasteiger partial charge in [0.2, 0.25) is 5.88 Å². The minimum atomic E-state index is -0.229. The summed E-state index contributed by atoms with van der Waals surface area (Å²) in [5, 5.41) is 5.75. The van der Waals surface area contributed by atoms with E-state index in [1.807, 2.05) is 36.6 Å². The van der Waals surface area contributed by atoms with Crippen LogP contribution in [0.2, 0.25) is 0 Å². The van der Waals surface area contributed by atoms with E-state index in [2.05, 4.69) is 46.5 Å².